The molecule has 0 amide bonds. The molecular formula is C13H18ClFO. The van der Waals surface area contributed by atoms with Crippen molar-refractivity contribution in [2.24, 2.45) is 5.41 Å². The summed E-state index contributed by atoms with van der Waals surface area (Å²) in [5.41, 5.74) is 0.941. The number of benzene rings is 1. The fourth-order valence-corrected chi connectivity index (χ4v) is 1.47. The second-order valence-corrected chi connectivity index (χ2v) is 5.31. The Hall–Kier alpha value is -0.760. The van der Waals surface area contributed by atoms with Crippen molar-refractivity contribution < 1.29 is 9.13 Å². The van der Waals surface area contributed by atoms with Gasteiger partial charge in [0, 0.05) is 5.56 Å². The topological polar surface area (TPSA) is 9.23 Å². The highest BCUT2D eigenvalue weighted by Crippen LogP contribution is 2.24. The Morgan fingerprint density at radius 2 is 2.00 bits per heavy atom. The summed E-state index contributed by atoms with van der Waals surface area (Å²) in [7, 11) is 0. The van der Waals surface area contributed by atoms with Crippen molar-refractivity contribution in [3.05, 3.63) is 29.6 Å². The summed E-state index contributed by atoms with van der Waals surface area (Å²) in [6.45, 7) is 7.09. The second-order valence-electron chi connectivity index (χ2n) is 5.04. The summed E-state index contributed by atoms with van der Waals surface area (Å²) in [6.07, 6.45) is 0.950. The van der Waals surface area contributed by atoms with Gasteiger partial charge in [0.05, 0.1) is 12.5 Å². The Kier molecular flexibility index (Phi) is 4.60. The van der Waals surface area contributed by atoms with Gasteiger partial charge in [0.2, 0.25) is 0 Å². The van der Waals surface area contributed by atoms with E-state index in [1.54, 1.807) is 6.07 Å². The van der Waals surface area contributed by atoms with Gasteiger partial charge in [-0.1, -0.05) is 20.8 Å². The lowest BCUT2D eigenvalue weighted by molar-refractivity contribution is 0.241. The molecule has 0 heterocycles. The van der Waals surface area contributed by atoms with Crippen LogP contribution in [0.15, 0.2) is 18.2 Å². The molecule has 0 aromatic heterocycles. The average Bonchev–Trinajstić information content (AvgIpc) is 2.18. The van der Waals surface area contributed by atoms with E-state index in [1.165, 1.54) is 12.1 Å². The number of alkyl halides is 1. The lowest BCUT2D eigenvalue weighted by atomic mass is 9.93. The van der Waals surface area contributed by atoms with Crippen LogP contribution in [0.4, 0.5) is 4.39 Å². The first-order chi connectivity index (χ1) is 7.42. The molecule has 16 heavy (non-hydrogen) atoms. The number of halogens is 2. The largest absolute Gasteiger partial charge is 0.493 e. The van der Waals surface area contributed by atoms with E-state index in [0.29, 0.717) is 17.9 Å². The summed E-state index contributed by atoms with van der Waals surface area (Å²) < 4.78 is 18.5. The van der Waals surface area contributed by atoms with Gasteiger partial charge in [-0.2, -0.15) is 0 Å². The molecule has 1 nitrogen and oxygen atoms in total. The van der Waals surface area contributed by atoms with Gasteiger partial charge < -0.3 is 4.74 Å². The van der Waals surface area contributed by atoms with Crippen LogP contribution in [-0.2, 0) is 5.88 Å². The van der Waals surface area contributed by atoms with E-state index >= 15 is 0 Å². The molecule has 0 saturated carbocycles. The Bertz CT molecular complexity index is 344. The highest BCUT2D eigenvalue weighted by molar-refractivity contribution is 6.17. The highest BCUT2D eigenvalue weighted by atomic mass is 35.5. The molecule has 0 spiro atoms. The molecule has 0 N–H and O–H groups in total. The van der Waals surface area contributed by atoms with Gasteiger partial charge in [-0.05, 0) is 30.0 Å². The molecule has 1 aromatic carbocycles. The Labute approximate surface area is 102 Å². The van der Waals surface area contributed by atoms with Gasteiger partial charge in [0.1, 0.15) is 11.6 Å². The van der Waals surface area contributed by atoms with Crippen LogP contribution in [0, 0.1) is 11.2 Å². The molecule has 0 atom stereocenters. The Balaban J connectivity index is 2.60. The van der Waals surface area contributed by atoms with E-state index in [1.807, 2.05) is 0 Å². The van der Waals surface area contributed by atoms with E-state index in [2.05, 4.69) is 20.8 Å². The van der Waals surface area contributed by atoms with Crippen LogP contribution < -0.4 is 4.74 Å². The second kappa shape index (κ2) is 5.53. The van der Waals surface area contributed by atoms with Crippen molar-refractivity contribution in [2.75, 3.05) is 6.61 Å². The van der Waals surface area contributed by atoms with Crippen LogP contribution in [0.5, 0.6) is 5.75 Å². The van der Waals surface area contributed by atoms with E-state index in [4.69, 9.17) is 16.3 Å². The normalized spacial score (nSPS) is 11.6. The Morgan fingerprint density at radius 3 is 2.56 bits per heavy atom. The monoisotopic (exact) mass is 244 g/mol. The first-order valence-corrected chi connectivity index (χ1v) is 5.93. The summed E-state index contributed by atoms with van der Waals surface area (Å²) in [5, 5.41) is 0. The van der Waals surface area contributed by atoms with Gasteiger partial charge in [-0.15, -0.1) is 11.6 Å². The van der Waals surface area contributed by atoms with Gasteiger partial charge >= 0.3 is 0 Å². The third kappa shape index (κ3) is 4.40. The number of hydrogen-bond acceptors (Lipinski definition) is 1. The van der Waals surface area contributed by atoms with Crippen LogP contribution >= 0.6 is 11.6 Å². The van der Waals surface area contributed by atoms with Crippen molar-refractivity contribution >= 4 is 11.6 Å². The molecule has 0 fully saturated rings. The van der Waals surface area contributed by atoms with Crippen molar-refractivity contribution in [3.63, 3.8) is 0 Å². The predicted molar refractivity (Wildman–Crippen MR) is 65.5 cm³/mol. The molecular weight excluding hydrogens is 227 g/mol. The first kappa shape index (κ1) is 13.3. The molecule has 0 bridgehead atoms. The average molecular weight is 245 g/mol. The van der Waals surface area contributed by atoms with Gasteiger partial charge in [-0.25, -0.2) is 4.39 Å². The summed E-state index contributed by atoms with van der Waals surface area (Å²) >= 11 is 5.73. The summed E-state index contributed by atoms with van der Waals surface area (Å²) in [6, 6.07) is 4.44. The highest BCUT2D eigenvalue weighted by Gasteiger charge is 2.11. The maximum absolute atomic E-state index is 12.9. The minimum Gasteiger partial charge on any atom is -0.493 e. The number of rotatable bonds is 4. The van der Waals surface area contributed by atoms with Gasteiger partial charge in [0.15, 0.2) is 0 Å². The molecule has 1 rings (SSSR count). The molecule has 0 unspecified atom stereocenters. The maximum atomic E-state index is 12.9. The minimum atomic E-state index is -0.279. The summed E-state index contributed by atoms with van der Waals surface area (Å²) in [4.78, 5) is 0. The molecule has 1 aromatic rings. The van der Waals surface area contributed by atoms with E-state index in [-0.39, 0.29) is 17.1 Å². The molecule has 90 valence electrons. The maximum Gasteiger partial charge on any atom is 0.123 e. The predicted octanol–water partition coefficient (Wildman–Crippen LogP) is 4.38. The molecule has 3 heteroatoms. The van der Waals surface area contributed by atoms with Gasteiger partial charge in [0.25, 0.3) is 0 Å². The van der Waals surface area contributed by atoms with Crippen LogP contribution in [0.1, 0.15) is 32.8 Å². The van der Waals surface area contributed by atoms with Crippen molar-refractivity contribution in [2.45, 2.75) is 33.1 Å². The lowest BCUT2D eigenvalue weighted by Crippen LogP contribution is -2.11. The van der Waals surface area contributed by atoms with Gasteiger partial charge in [-0.3, -0.25) is 0 Å². The zero-order chi connectivity index (χ0) is 12.2. The molecule has 0 radical (unpaired) electrons. The quantitative estimate of drug-likeness (QED) is 0.715. The van der Waals surface area contributed by atoms with Crippen LogP contribution in [-0.4, -0.2) is 6.61 Å². The van der Waals surface area contributed by atoms with E-state index in [9.17, 15) is 4.39 Å². The molecule has 0 aliphatic carbocycles. The smallest absolute Gasteiger partial charge is 0.123 e. The van der Waals surface area contributed by atoms with Crippen LogP contribution in [0.3, 0.4) is 0 Å². The summed E-state index contributed by atoms with van der Waals surface area (Å²) in [5.74, 6) is 0.669. The molecule has 0 aliphatic heterocycles. The lowest BCUT2D eigenvalue weighted by Gasteiger charge is -2.18. The number of ether oxygens (including phenoxy) is 1. The SMILES string of the molecule is CC(C)(C)CCOc1ccc(F)cc1CCl. The van der Waals surface area contributed by atoms with Crippen molar-refractivity contribution in [3.8, 4) is 5.75 Å². The Morgan fingerprint density at radius 1 is 1.31 bits per heavy atom. The zero-order valence-electron chi connectivity index (χ0n) is 10.0. The van der Waals surface area contributed by atoms with Crippen molar-refractivity contribution in [1.29, 1.82) is 0 Å². The van der Waals surface area contributed by atoms with E-state index < -0.39 is 0 Å². The molecule has 0 saturated heterocycles. The third-order valence-corrected chi connectivity index (χ3v) is 2.56. The first-order valence-electron chi connectivity index (χ1n) is 5.39. The minimum absolute atomic E-state index is 0.237. The van der Waals surface area contributed by atoms with Crippen LogP contribution in [0.25, 0.3) is 0 Å². The van der Waals surface area contributed by atoms with Crippen molar-refractivity contribution in [1.82, 2.24) is 0 Å². The molecule has 0 aliphatic rings. The van der Waals surface area contributed by atoms with E-state index in [0.717, 1.165) is 6.42 Å². The van der Waals surface area contributed by atoms with Crippen LogP contribution in [0.2, 0.25) is 0 Å². The standard InChI is InChI=1S/C13H18ClFO/c1-13(2,3)6-7-16-12-5-4-11(15)8-10(12)9-14/h4-5,8H,6-7,9H2,1-3H3. The fraction of sp³-hybridized carbons (Fsp3) is 0.538. The third-order valence-electron chi connectivity index (χ3n) is 2.28. The zero-order valence-corrected chi connectivity index (χ0v) is 10.8. The fourth-order valence-electron chi connectivity index (χ4n) is 1.26. The number of hydrogen-bond donors (Lipinski definition) is 0.